The Morgan fingerprint density at radius 1 is 1.32 bits per heavy atom. The first-order valence-corrected chi connectivity index (χ1v) is 7.13. The van der Waals surface area contributed by atoms with Crippen LogP contribution in [0.4, 0.5) is 4.39 Å². The number of fused-ring (bicyclic) bond motifs is 1. The minimum Gasteiger partial charge on any atom is -0.422 e. The first kappa shape index (κ1) is 14.5. The van der Waals surface area contributed by atoms with Crippen LogP contribution in [0.2, 0.25) is 0 Å². The van der Waals surface area contributed by atoms with Gasteiger partial charge in [-0.05, 0) is 49.2 Å². The minimum atomic E-state index is -0.388. The molecule has 1 aromatic carbocycles. The fraction of sp³-hybridized carbons (Fsp3) is 0.250. The second kappa shape index (κ2) is 6.53. The lowest BCUT2D eigenvalue weighted by molar-refractivity contribution is 0.538. The molecule has 0 aliphatic rings. The lowest BCUT2D eigenvalue weighted by Crippen LogP contribution is -2.20. The molecule has 114 valence electrons. The molecule has 0 fully saturated rings. The first-order valence-electron chi connectivity index (χ1n) is 7.13. The fourth-order valence-corrected chi connectivity index (χ4v) is 2.32. The molecular formula is C16H16FN3O2. The summed E-state index contributed by atoms with van der Waals surface area (Å²) in [4.78, 5) is 11.9. The van der Waals surface area contributed by atoms with Crippen molar-refractivity contribution in [2.45, 2.75) is 19.4 Å². The minimum absolute atomic E-state index is 0.347. The molecule has 0 spiro atoms. The van der Waals surface area contributed by atoms with E-state index in [1.165, 1.54) is 18.2 Å². The van der Waals surface area contributed by atoms with Gasteiger partial charge in [-0.2, -0.15) is 5.10 Å². The van der Waals surface area contributed by atoms with Gasteiger partial charge >= 0.3 is 5.63 Å². The number of halogens is 1. The maximum absolute atomic E-state index is 13.2. The standard InChI is InChI=1S/C16H16FN3O2/c17-14-3-4-15-12(7-14)6-13(16(21)22-15)10-18-5-1-2-11-8-19-20-9-11/h3-4,6-9,18H,1-2,5,10H2,(H,19,20). The van der Waals surface area contributed by atoms with Gasteiger partial charge in [-0.15, -0.1) is 0 Å². The molecule has 0 bridgehead atoms. The van der Waals surface area contributed by atoms with Gasteiger partial charge < -0.3 is 9.73 Å². The fourth-order valence-electron chi connectivity index (χ4n) is 2.32. The Balaban J connectivity index is 1.59. The second-order valence-electron chi connectivity index (χ2n) is 5.13. The van der Waals surface area contributed by atoms with Crippen LogP contribution in [0.5, 0.6) is 0 Å². The monoisotopic (exact) mass is 301 g/mol. The lowest BCUT2D eigenvalue weighted by atomic mass is 10.1. The lowest BCUT2D eigenvalue weighted by Gasteiger charge is -2.05. The summed E-state index contributed by atoms with van der Waals surface area (Å²) in [6, 6.07) is 5.78. The molecule has 5 nitrogen and oxygen atoms in total. The van der Waals surface area contributed by atoms with Crippen molar-refractivity contribution in [1.82, 2.24) is 15.5 Å². The number of nitrogens with zero attached hydrogens (tertiary/aromatic N) is 1. The van der Waals surface area contributed by atoms with Crippen LogP contribution in [0.15, 0.2) is 45.9 Å². The molecule has 0 aliphatic carbocycles. The van der Waals surface area contributed by atoms with Gasteiger partial charge in [0.2, 0.25) is 0 Å². The molecule has 0 amide bonds. The van der Waals surface area contributed by atoms with E-state index in [1.54, 1.807) is 12.3 Å². The van der Waals surface area contributed by atoms with E-state index in [2.05, 4.69) is 15.5 Å². The Labute approximate surface area is 126 Å². The second-order valence-corrected chi connectivity index (χ2v) is 5.13. The molecule has 0 saturated heterocycles. The average Bonchev–Trinajstić information content (AvgIpc) is 3.01. The number of rotatable bonds is 6. The quantitative estimate of drug-likeness (QED) is 0.542. The maximum Gasteiger partial charge on any atom is 0.340 e. The Kier molecular flexibility index (Phi) is 4.29. The zero-order chi connectivity index (χ0) is 15.4. The molecule has 0 aliphatic heterocycles. The molecule has 0 atom stereocenters. The third-order valence-corrected chi connectivity index (χ3v) is 3.46. The molecule has 3 rings (SSSR count). The first-order chi connectivity index (χ1) is 10.7. The highest BCUT2D eigenvalue weighted by molar-refractivity contribution is 5.76. The van der Waals surface area contributed by atoms with Crippen molar-refractivity contribution < 1.29 is 8.81 Å². The summed E-state index contributed by atoms with van der Waals surface area (Å²) in [5.41, 5.74) is 1.67. The number of hydrogen-bond donors (Lipinski definition) is 2. The van der Waals surface area contributed by atoms with E-state index in [-0.39, 0.29) is 11.4 Å². The number of nitrogens with one attached hydrogen (secondary N) is 2. The Morgan fingerprint density at radius 2 is 2.23 bits per heavy atom. The highest BCUT2D eigenvalue weighted by Gasteiger charge is 2.06. The van der Waals surface area contributed by atoms with Crippen LogP contribution in [0.25, 0.3) is 11.0 Å². The number of benzene rings is 1. The van der Waals surface area contributed by atoms with Gasteiger partial charge in [0.1, 0.15) is 11.4 Å². The van der Waals surface area contributed by atoms with E-state index in [0.717, 1.165) is 24.9 Å². The van der Waals surface area contributed by atoms with E-state index in [1.807, 2.05) is 6.20 Å². The predicted octanol–water partition coefficient (Wildman–Crippen LogP) is 2.38. The molecule has 2 heterocycles. The van der Waals surface area contributed by atoms with E-state index in [4.69, 9.17) is 4.42 Å². The maximum atomic E-state index is 13.2. The van der Waals surface area contributed by atoms with Gasteiger partial charge in [-0.3, -0.25) is 5.10 Å². The Hall–Kier alpha value is -2.47. The molecule has 2 aromatic heterocycles. The van der Waals surface area contributed by atoms with Crippen LogP contribution < -0.4 is 10.9 Å². The third kappa shape index (κ3) is 3.40. The van der Waals surface area contributed by atoms with E-state index in [0.29, 0.717) is 23.1 Å². The molecule has 3 aromatic rings. The SMILES string of the molecule is O=c1oc2ccc(F)cc2cc1CNCCCc1cn[nH]c1. The van der Waals surface area contributed by atoms with Crippen LogP contribution in [0.1, 0.15) is 17.5 Å². The zero-order valence-corrected chi connectivity index (χ0v) is 11.9. The summed E-state index contributed by atoms with van der Waals surface area (Å²) in [6.45, 7) is 1.17. The van der Waals surface area contributed by atoms with Gasteiger partial charge in [-0.1, -0.05) is 0 Å². The highest BCUT2D eigenvalue weighted by atomic mass is 19.1. The average molecular weight is 301 g/mol. The van der Waals surface area contributed by atoms with Crippen LogP contribution >= 0.6 is 0 Å². The Morgan fingerprint density at radius 3 is 3.05 bits per heavy atom. The van der Waals surface area contributed by atoms with E-state index >= 15 is 0 Å². The van der Waals surface area contributed by atoms with Gasteiger partial charge in [0.15, 0.2) is 0 Å². The van der Waals surface area contributed by atoms with Crippen molar-refractivity contribution in [1.29, 1.82) is 0 Å². The van der Waals surface area contributed by atoms with Crippen molar-refractivity contribution in [3.05, 3.63) is 64.0 Å². The van der Waals surface area contributed by atoms with Gasteiger partial charge in [0.25, 0.3) is 0 Å². The van der Waals surface area contributed by atoms with Crippen molar-refractivity contribution >= 4 is 11.0 Å². The van der Waals surface area contributed by atoms with Crippen LogP contribution in [-0.2, 0) is 13.0 Å². The summed E-state index contributed by atoms with van der Waals surface area (Å²) in [7, 11) is 0. The molecule has 6 heteroatoms. The zero-order valence-electron chi connectivity index (χ0n) is 11.9. The number of aromatic nitrogens is 2. The summed E-state index contributed by atoms with van der Waals surface area (Å²) >= 11 is 0. The molecule has 0 saturated carbocycles. The molecule has 0 unspecified atom stereocenters. The molecule has 2 N–H and O–H groups in total. The van der Waals surface area contributed by atoms with E-state index < -0.39 is 0 Å². The third-order valence-electron chi connectivity index (χ3n) is 3.46. The number of H-pyrrole nitrogens is 1. The number of hydrogen-bond acceptors (Lipinski definition) is 4. The summed E-state index contributed by atoms with van der Waals surface area (Å²) in [5.74, 6) is -0.347. The normalized spacial score (nSPS) is 11.1. The Bertz CT molecular complexity index is 812. The molecular weight excluding hydrogens is 285 g/mol. The largest absolute Gasteiger partial charge is 0.422 e. The summed E-state index contributed by atoms with van der Waals surface area (Å²) in [6.07, 6.45) is 5.52. The highest BCUT2D eigenvalue weighted by Crippen LogP contribution is 2.14. The van der Waals surface area contributed by atoms with Gasteiger partial charge in [0, 0.05) is 18.1 Å². The van der Waals surface area contributed by atoms with E-state index in [9.17, 15) is 9.18 Å². The van der Waals surface area contributed by atoms with Gasteiger partial charge in [0.05, 0.1) is 11.8 Å². The number of aryl methyl sites for hydroxylation is 1. The van der Waals surface area contributed by atoms with Crippen LogP contribution in [-0.4, -0.2) is 16.7 Å². The van der Waals surface area contributed by atoms with Crippen molar-refractivity contribution in [2.24, 2.45) is 0 Å². The van der Waals surface area contributed by atoms with Crippen molar-refractivity contribution in [3.8, 4) is 0 Å². The summed E-state index contributed by atoms with van der Waals surface area (Å²) in [5, 5.41) is 10.4. The van der Waals surface area contributed by atoms with Crippen LogP contribution in [0.3, 0.4) is 0 Å². The van der Waals surface area contributed by atoms with Crippen LogP contribution in [0, 0.1) is 5.82 Å². The van der Waals surface area contributed by atoms with Crippen molar-refractivity contribution in [2.75, 3.05) is 6.54 Å². The smallest absolute Gasteiger partial charge is 0.340 e. The topological polar surface area (TPSA) is 70.9 Å². The number of aromatic amines is 1. The predicted molar refractivity (Wildman–Crippen MR) is 81.1 cm³/mol. The molecule has 22 heavy (non-hydrogen) atoms. The van der Waals surface area contributed by atoms with Gasteiger partial charge in [-0.25, -0.2) is 9.18 Å². The summed E-state index contributed by atoms with van der Waals surface area (Å²) < 4.78 is 18.4. The van der Waals surface area contributed by atoms with Crippen molar-refractivity contribution in [3.63, 3.8) is 0 Å². The molecule has 0 radical (unpaired) electrons.